The van der Waals surface area contributed by atoms with Crippen molar-refractivity contribution in [1.29, 1.82) is 0 Å². The minimum absolute atomic E-state index is 0.0450. The van der Waals surface area contributed by atoms with E-state index in [9.17, 15) is 5.11 Å². The predicted molar refractivity (Wildman–Crippen MR) is 75.6 cm³/mol. The summed E-state index contributed by atoms with van der Waals surface area (Å²) >= 11 is 3.54. The number of fused-ring (bicyclic) bond motifs is 1. The Morgan fingerprint density at radius 3 is 2.79 bits per heavy atom. The molecule has 2 aliphatic rings. The lowest BCUT2D eigenvalue weighted by Crippen LogP contribution is -2.34. The number of aliphatic hydroxyl groups excluding tert-OH is 1. The average Bonchev–Trinajstić information content (AvgIpc) is 3.21. The summed E-state index contributed by atoms with van der Waals surface area (Å²) in [4.78, 5) is 0. The van der Waals surface area contributed by atoms with Gasteiger partial charge in [0.1, 0.15) is 0 Å². The highest BCUT2D eigenvalue weighted by atomic mass is 79.9. The molecule has 0 spiro atoms. The van der Waals surface area contributed by atoms with E-state index in [1.165, 1.54) is 0 Å². The molecule has 0 atom stereocenters. The number of nitrogens with one attached hydrogen (secondary N) is 1. The molecule has 0 amide bonds. The summed E-state index contributed by atoms with van der Waals surface area (Å²) in [6.07, 6.45) is 3.01. The molecule has 104 valence electrons. The third-order valence-electron chi connectivity index (χ3n) is 3.69. The first-order chi connectivity index (χ1) is 9.22. The van der Waals surface area contributed by atoms with Crippen molar-refractivity contribution in [2.24, 2.45) is 0 Å². The highest BCUT2D eigenvalue weighted by Gasteiger charge is 2.41. The highest BCUT2D eigenvalue weighted by Crippen LogP contribution is 2.39. The van der Waals surface area contributed by atoms with Crippen LogP contribution in [0.1, 0.15) is 24.8 Å². The van der Waals surface area contributed by atoms with Gasteiger partial charge in [-0.3, -0.25) is 0 Å². The fourth-order valence-corrected chi connectivity index (χ4v) is 2.82. The molecular weight excluding hydrogens is 310 g/mol. The lowest BCUT2D eigenvalue weighted by atomic mass is 10.1. The Kier molecular flexibility index (Phi) is 3.69. The maximum Gasteiger partial charge on any atom is 0.175 e. The molecular formula is C14H18BrNO3. The van der Waals surface area contributed by atoms with Gasteiger partial charge in [-0.15, -0.1) is 0 Å². The van der Waals surface area contributed by atoms with Crippen LogP contribution in [0, 0.1) is 0 Å². The van der Waals surface area contributed by atoms with Crippen LogP contribution in [0.5, 0.6) is 11.5 Å². The lowest BCUT2D eigenvalue weighted by molar-refractivity contribution is 0.229. The van der Waals surface area contributed by atoms with Crippen molar-refractivity contribution in [3.8, 4) is 11.5 Å². The summed E-state index contributed by atoms with van der Waals surface area (Å²) in [5.41, 5.74) is 1.09. The van der Waals surface area contributed by atoms with Gasteiger partial charge < -0.3 is 19.9 Å². The molecule has 0 radical (unpaired) electrons. The molecule has 5 heteroatoms. The molecule has 1 aliphatic heterocycles. The number of benzene rings is 1. The molecule has 2 N–H and O–H groups in total. The van der Waals surface area contributed by atoms with E-state index >= 15 is 0 Å². The maximum absolute atomic E-state index is 9.30. The van der Waals surface area contributed by atoms with Crippen molar-refractivity contribution in [2.45, 2.75) is 31.3 Å². The van der Waals surface area contributed by atoms with Gasteiger partial charge in [0.15, 0.2) is 11.5 Å². The zero-order chi connectivity index (χ0) is 13.3. The molecule has 1 heterocycles. The van der Waals surface area contributed by atoms with Gasteiger partial charge in [0.25, 0.3) is 0 Å². The summed E-state index contributed by atoms with van der Waals surface area (Å²) in [7, 11) is 0. The van der Waals surface area contributed by atoms with E-state index in [4.69, 9.17) is 9.47 Å². The van der Waals surface area contributed by atoms with E-state index in [-0.39, 0.29) is 12.1 Å². The van der Waals surface area contributed by atoms with Crippen LogP contribution in [0.4, 0.5) is 0 Å². The van der Waals surface area contributed by atoms with E-state index in [2.05, 4.69) is 21.2 Å². The number of halogens is 1. The average molecular weight is 328 g/mol. The van der Waals surface area contributed by atoms with E-state index in [0.717, 1.165) is 47.3 Å². The van der Waals surface area contributed by atoms with Gasteiger partial charge in [0.2, 0.25) is 0 Å². The van der Waals surface area contributed by atoms with Crippen LogP contribution in [-0.4, -0.2) is 30.5 Å². The van der Waals surface area contributed by atoms with E-state index in [1.807, 2.05) is 12.1 Å². The number of hydrogen-bond acceptors (Lipinski definition) is 4. The fourth-order valence-electron chi connectivity index (χ4n) is 2.22. The number of rotatable bonds is 4. The van der Waals surface area contributed by atoms with Crippen LogP contribution < -0.4 is 14.8 Å². The summed E-state index contributed by atoms with van der Waals surface area (Å²) in [6.45, 7) is 2.32. The van der Waals surface area contributed by atoms with Crippen molar-refractivity contribution in [3.05, 3.63) is 22.2 Å². The molecule has 3 rings (SSSR count). The topological polar surface area (TPSA) is 50.7 Å². The third-order valence-corrected chi connectivity index (χ3v) is 4.27. The van der Waals surface area contributed by atoms with Crippen molar-refractivity contribution >= 4 is 15.9 Å². The molecule has 0 aromatic heterocycles. The summed E-state index contributed by atoms with van der Waals surface area (Å²) < 4.78 is 12.3. The molecule has 0 unspecified atom stereocenters. The zero-order valence-electron chi connectivity index (χ0n) is 10.7. The summed E-state index contributed by atoms with van der Waals surface area (Å²) in [6, 6.07) is 4.07. The number of hydrogen-bond donors (Lipinski definition) is 2. The Morgan fingerprint density at radius 2 is 2.05 bits per heavy atom. The van der Waals surface area contributed by atoms with Gasteiger partial charge in [0.05, 0.1) is 24.3 Å². The van der Waals surface area contributed by atoms with Crippen LogP contribution in [-0.2, 0) is 6.54 Å². The molecule has 1 fully saturated rings. The Hall–Kier alpha value is -0.780. The largest absolute Gasteiger partial charge is 0.490 e. The summed E-state index contributed by atoms with van der Waals surface area (Å²) in [5.74, 6) is 1.60. The Morgan fingerprint density at radius 1 is 1.26 bits per heavy atom. The molecule has 1 aliphatic carbocycles. The molecule has 4 nitrogen and oxygen atoms in total. The van der Waals surface area contributed by atoms with Crippen LogP contribution in [0.2, 0.25) is 0 Å². The number of aliphatic hydroxyl groups is 1. The maximum atomic E-state index is 9.30. The van der Waals surface area contributed by atoms with Gasteiger partial charge in [-0.25, -0.2) is 0 Å². The van der Waals surface area contributed by atoms with Gasteiger partial charge in [-0.1, -0.05) is 0 Å². The summed E-state index contributed by atoms with van der Waals surface area (Å²) in [5, 5.41) is 12.7. The quantitative estimate of drug-likeness (QED) is 0.890. The molecule has 1 aromatic rings. The van der Waals surface area contributed by atoms with Crippen LogP contribution in [0.15, 0.2) is 16.6 Å². The Balaban J connectivity index is 1.75. The van der Waals surface area contributed by atoms with Crippen molar-refractivity contribution in [3.63, 3.8) is 0 Å². The zero-order valence-corrected chi connectivity index (χ0v) is 12.3. The van der Waals surface area contributed by atoms with Crippen molar-refractivity contribution in [2.75, 3.05) is 19.8 Å². The molecule has 1 aromatic carbocycles. The monoisotopic (exact) mass is 327 g/mol. The Bertz CT molecular complexity index is 474. The minimum atomic E-state index is -0.0450. The van der Waals surface area contributed by atoms with E-state index < -0.39 is 0 Å². The number of ether oxygens (including phenoxy) is 2. The third kappa shape index (κ3) is 2.88. The minimum Gasteiger partial charge on any atom is -0.490 e. The predicted octanol–water partition coefficient (Wildman–Crippen LogP) is 2.22. The first-order valence-electron chi connectivity index (χ1n) is 6.66. The van der Waals surface area contributed by atoms with E-state index in [0.29, 0.717) is 13.2 Å². The molecule has 0 saturated heterocycles. The molecule has 0 bridgehead atoms. The standard InChI is InChI=1S/C14H18BrNO3/c15-11-6-10(8-16-14(9-17)2-3-14)7-12-13(11)19-5-1-4-18-12/h6-7,16-17H,1-5,8-9H2. The first kappa shape index (κ1) is 13.2. The molecule has 1 saturated carbocycles. The SMILES string of the molecule is OCC1(NCc2cc(Br)c3c(c2)OCCCO3)CC1. The Labute approximate surface area is 121 Å². The molecule has 19 heavy (non-hydrogen) atoms. The first-order valence-corrected chi connectivity index (χ1v) is 7.46. The normalized spacial score (nSPS) is 19.9. The smallest absolute Gasteiger partial charge is 0.175 e. The second-order valence-corrected chi connectivity index (χ2v) is 6.10. The van der Waals surface area contributed by atoms with Crippen molar-refractivity contribution < 1.29 is 14.6 Å². The van der Waals surface area contributed by atoms with Crippen molar-refractivity contribution in [1.82, 2.24) is 5.32 Å². The lowest BCUT2D eigenvalue weighted by Gasteiger charge is -2.16. The highest BCUT2D eigenvalue weighted by molar-refractivity contribution is 9.10. The second-order valence-electron chi connectivity index (χ2n) is 5.25. The fraction of sp³-hybridized carbons (Fsp3) is 0.571. The van der Waals surface area contributed by atoms with E-state index in [1.54, 1.807) is 0 Å². The van der Waals surface area contributed by atoms with Gasteiger partial charge in [-0.05, 0) is 46.5 Å². The van der Waals surface area contributed by atoms with Crippen LogP contribution >= 0.6 is 15.9 Å². The second kappa shape index (κ2) is 5.31. The van der Waals surface area contributed by atoms with Gasteiger partial charge in [-0.2, -0.15) is 0 Å². The van der Waals surface area contributed by atoms with Crippen LogP contribution in [0.25, 0.3) is 0 Å². The van der Waals surface area contributed by atoms with Gasteiger partial charge >= 0.3 is 0 Å². The van der Waals surface area contributed by atoms with Crippen LogP contribution in [0.3, 0.4) is 0 Å². The van der Waals surface area contributed by atoms with Gasteiger partial charge in [0, 0.05) is 18.5 Å².